The zero-order valence-electron chi connectivity index (χ0n) is 5.26. The van der Waals surface area contributed by atoms with Crippen molar-refractivity contribution in [1.29, 1.82) is 0 Å². The molecule has 0 N–H and O–H groups in total. The van der Waals surface area contributed by atoms with E-state index in [0.717, 1.165) is 0 Å². The second-order valence-electron chi connectivity index (χ2n) is 1.76. The molecule has 0 fully saturated rings. The summed E-state index contributed by atoms with van der Waals surface area (Å²) in [6, 6.07) is 0. The van der Waals surface area contributed by atoms with E-state index in [1.165, 1.54) is 4.90 Å². The van der Waals surface area contributed by atoms with Crippen molar-refractivity contribution >= 4 is 23.0 Å². The predicted octanol–water partition coefficient (Wildman–Crippen LogP) is 0.464. The SMILES string of the molecule is CC(=S)C(=O)N(C)C. The highest BCUT2D eigenvalue weighted by Gasteiger charge is 2.03. The monoisotopic (exact) mass is 131 g/mol. The van der Waals surface area contributed by atoms with Crippen LogP contribution in [-0.2, 0) is 4.79 Å². The molecule has 0 aliphatic rings. The smallest absolute Gasteiger partial charge is 0.259 e. The highest BCUT2D eigenvalue weighted by Crippen LogP contribution is 1.81. The maximum atomic E-state index is 10.6. The third-order valence-corrected chi connectivity index (χ3v) is 0.882. The van der Waals surface area contributed by atoms with Crippen molar-refractivity contribution in [2.24, 2.45) is 0 Å². The van der Waals surface area contributed by atoms with Gasteiger partial charge in [0.25, 0.3) is 5.91 Å². The van der Waals surface area contributed by atoms with Crippen molar-refractivity contribution < 1.29 is 4.79 Å². The molecule has 3 heteroatoms. The number of hydrogen-bond donors (Lipinski definition) is 0. The maximum Gasteiger partial charge on any atom is 0.259 e. The Balaban J connectivity index is 3.84. The van der Waals surface area contributed by atoms with Crippen molar-refractivity contribution in [2.75, 3.05) is 14.1 Å². The molecule has 0 heterocycles. The maximum absolute atomic E-state index is 10.6. The molecule has 0 radical (unpaired) electrons. The lowest BCUT2D eigenvalue weighted by Crippen LogP contribution is -2.26. The Morgan fingerprint density at radius 3 is 1.88 bits per heavy atom. The number of amides is 1. The summed E-state index contributed by atoms with van der Waals surface area (Å²) in [5.41, 5.74) is 0. The predicted molar refractivity (Wildman–Crippen MR) is 37.0 cm³/mol. The van der Waals surface area contributed by atoms with Crippen molar-refractivity contribution in [1.82, 2.24) is 4.90 Å². The van der Waals surface area contributed by atoms with Crippen molar-refractivity contribution in [3.8, 4) is 0 Å². The van der Waals surface area contributed by atoms with Gasteiger partial charge in [-0.25, -0.2) is 0 Å². The summed E-state index contributed by atoms with van der Waals surface area (Å²) in [6.07, 6.45) is 0. The number of rotatable bonds is 1. The fourth-order valence-corrected chi connectivity index (χ4v) is 0.497. The summed E-state index contributed by atoms with van der Waals surface area (Å²) in [5.74, 6) is -0.0833. The average Bonchev–Trinajstić information content (AvgIpc) is 1.64. The van der Waals surface area contributed by atoms with Crippen LogP contribution in [0.25, 0.3) is 0 Å². The molecule has 2 nitrogen and oxygen atoms in total. The van der Waals surface area contributed by atoms with Gasteiger partial charge in [0, 0.05) is 14.1 Å². The second kappa shape index (κ2) is 2.77. The van der Waals surface area contributed by atoms with Crippen LogP contribution in [0.15, 0.2) is 0 Å². The minimum atomic E-state index is -0.0833. The van der Waals surface area contributed by atoms with E-state index in [9.17, 15) is 4.79 Å². The Morgan fingerprint density at radius 1 is 1.50 bits per heavy atom. The minimum Gasteiger partial charge on any atom is -0.344 e. The number of thiocarbonyl (C=S) groups is 1. The first kappa shape index (κ1) is 7.56. The highest BCUT2D eigenvalue weighted by atomic mass is 32.1. The molecule has 0 aliphatic carbocycles. The van der Waals surface area contributed by atoms with Crippen LogP contribution in [0.2, 0.25) is 0 Å². The molecule has 46 valence electrons. The van der Waals surface area contributed by atoms with Crippen LogP contribution in [0, 0.1) is 0 Å². The molecule has 8 heavy (non-hydrogen) atoms. The second-order valence-corrected chi connectivity index (χ2v) is 2.37. The summed E-state index contributed by atoms with van der Waals surface area (Å²) in [6.45, 7) is 1.62. The average molecular weight is 131 g/mol. The Labute approximate surface area is 54.5 Å². The fraction of sp³-hybridized carbons (Fsp3) is 0.600. The lowest BCUT2D eigenvalue weighted by Gasteiger charge is -2.06. The topological polar surface area (TPSA) is 20.3 Å². The van der Waals surface area contributed by atoms with Gasteiger partial charge in [-0.1, -0.05) is 12.2 Å². The molecule has 0 aliphatic heterocycles. The van der Waals surface area contributed by atoms with Gasteiger partial charge < -0.3 is 4.90 Å². The van der Waals surface area contributed by atoms with E-state index in [4.69, 9.17) is 0 Å². The Bertz CT molecular complexity index is 120. The van der Waals surface area contributed by atoms with Crippen molar-refractivity contribution in [2.45, 2.75) is 6.92 Å². The quantitative estimate of drug-likeness (QED) is 0.482. The van der Waals surface area contributed by atoms with E-state index in [-0.39, 0.29) is 5.91 Å². The molecular formula is C5H9NOS. The van der Waals surface area contributed by atoms with Gasteiger partial charge in [0.1, 0.15) is 0 Å². The molecule has 0 aromatic heterocycles. The molecule has 0 aromatic rings. The van der Waals surface area contributed by atoms with Crippen LogP contribution in [0.1, 0.15) is 6.92 Å². The first-order valence-electron chi connectivity index (χ1n) is 2.28. The van der Waals surface area contributed by atoms with Crippen LogP contribution < -0.4 is 0 Å². The van der Waals surface area contributed by atoms with Gasteiger partial charge in [0.2, 0.25) is 0 Å². The van der Waals surface area contributed by atoms with E-state index in [2.05, 4.69) is 12.2 Å². The molecule has 0 unspecified atom stereocenters. The lowest BCUT2D eigenvalue weighted by molar-refractivity contribution is -0.121. The lowest BCUT2D eigenvalue weighted by atomic mass is 10.4. The summed E-state index contributed by atoms with van der Waals surface area (Å²) in [7, 11) is 3.36. The van der Waals surface area contributed by atoms with E-state index in [0.29, 0.717) is 4.86 Å². The van der Waals surface area contributed by atoms with Gasteiger partial charge in [-0.05, 0) is 6.92 Å². The number of nitrogens with zero attached hydrogens (tertiary/aromatic N) is 1. The third kappa shape index (κ3) is 2.02. The van der Waals surface area contributed by atoms with Gasteiger partial charge in [-0.15, -0.1) is 0 Å². The van der Waals surface area contributed by atoms with Gasteiger partial charge in [-0.3, -0.25) is 4.79 Å². The number of hydrogen-bond acceptors (Lipinski definition) is 2. The van der Waals surface area contributed by atoms with Crippen LogP contribution in [0.4, 0.5) is 0 Å². The molecule has 0 saturated heterocycles. The zero-order chi connectivity index (χ0) is 6.73. The van der Waals surface area contributed by atoms with E-state index in [1.54, 1.807) is 21.0 Å². The molecule has 1 amide bonds. The number of carbonyl (C=O) groups is 1. The fourth-order valence-electron chi connectivity index (χ4n) is 0.315. The highest BCUT2D eigenvalue weighted by molar-refractivity contribution is 7.82. The van der Waals surface area contributed by atoms with E-state index in [1.807, 2.05) is 0 Å². The largest absolute Gasteiger partial charge is 0.344 e. The van der Waals surface area contributed by atoms with Crippen LogP contribution in [-0.4, -0.2) is 29.8 Å². The van der Waals surface area contributed by atoms with Gasteiger partial charge in [-0.2, -0.15) is 0 Å². The molecule has 0 atom stereocenters. The van der Waals surface area contributed by atoms with E-state index >= 15 is 0 Å². The van der Waals surface area contributed by atoms with Crippen molar-refractivity contribution in [3.63, 3.8) is 0 Å². The van der Waals surface area contributed by atoms with Crippen molar-refractivity contribution in [3.05, 3.63) is 0 Å². The minimum absolute atomic E-state index is 0.0833. The van der Waals surface area contributed by atoms with Crippen LogP contribution >= 0.6 is 12.2 Å². The molecule has 0 rings (SSSR count). The Morgan fingerprint density at radius 2 is 1.88 bits per heavy atom. The molecule has 0 aromatic carbocycles. The first-order valence-corrected chi connectivity index (χ1v) is 2.68. The normalized spacial score (nSPS) is 8.38. The summed E-state index contributed by atoms with van der Waals surface area (Å²) < 4.78 is 0. The summed E-state index contributed by atoms with van der Waals surface area (Å²) in [4.78, 5) is 12.5. The Kier molecular flexibility index (Phi) is 2.62. The zero-order valence-corrected chi connectivity index (χ0v) is 6.08. The molecular weight excluding hydrogens is 122 g/mol. The third-order valence-electron chi connectivity index (χ3n) is 0.707. The Hall–Kier alpha value is -0.440. The van der Waals surface area contributed by atoms with E-state index < -0.39 is 0 Å². The van der Waals surface area contributed by atoms with Crippen LogP contribution in [0.5, 0.6) is 0 Å². The summed E-state index contributed by atoms with van der Waals surface area (Å²) in [5, 5.41) is 0. The molecule has 0 spiro atoms. The molecule has 0 bridgehead atoms. The van der Waals surface area contributed by atoms with Crippen LogP contribution in [0.3, 0.4) is 0 Å². The first-order chi connectivity index (χ1) is 3.55. The summed E-state index contributed by atoms with van der Waals surface area (Å²) >= 11 is 4.60. The van der Waals surface area contributed by atoms with Gasteiger partial charge in [0.15, 0.2) is 0 Å². The number of carbonyl (C=O) groups excluding carboxylic acids is 1. The standard InChI is InChI=1S/C5H9NOS/c1-4(8)5(7)6(2)3/h1-3H3. The van der Waals surface area contributed by atoms with Gasteiger partial charge >= 0.3 is 0 Å². The molecule has 0 saturated carbocycles. The van der Waals surface area contributed by atoms with Gasteiger partial charge in [0.05, 0.1) is 4.86 Å².